The van der Waals surface area contributed by atoms with Gasteiger partial charge in [0, 0.05) is 17.9 Å². The molecule has 4 nitrogen and oxygen atoms in total. The van der Waals surface area contributed by atoms with Gasteiger partial charge in [-0.3, -0.25) is 9.59 Å². The molecule has 2 unspecified atom stereocenters. The molecule has 2 aromatic carbocycles. The Morgan fingerprint density at radius 2 is 1.76 bits per heavy atom. The van der Waals surface area contributed by atoms with E-state index in [9.17, 15) is 22.8 Å². The number of hydrogen-bond donors (Lipinski definition) is 1. The van der Waals surface area contributed by atoms with Crippen LogP contribution in [0.4, 0.5) is 13.2 Å². The van der Waals surface area contributed by atoms with Gasteiger partial charge in [0.1, 0.15) is 6.04 Å². The zero-order chi connectivity index (χ0) is 24.3. The van der Waals surface area contributed by atoms with Crippen LogP contribution in [-0.2, 0) is 17.5 Å². The van der Waals surface area contributed by atoms with Gasteiger partial charge < -0.3 is 10.2 Å². The number of alkyl halides is 3. The van der Waals surface area contributed by atoms with Gasteiger partial charge in [0.15, 0.2) is 0 Å². The third-order valence-electron chi connectivity index (χ3n) is 6.64. The van der Waals surface area contributed by atoms with E-state index in [1.165, 1.54) is 12.5 Å². The highest BCUT2D eigenvalue weighted by Gasteiger charge is 2.45. The largest absolute Gasteiger partial charge is 0.416 e. The monoisotopic (exact) mass is 490 g/mol. The molecule has 1 saturated carbocycles. The van der Waals surface area contributed by atoms with Crippen molar-refractivity contribution in [2.75, 3.05) is 5.75 Å². The summed E-state index contributed by atoms with van der Waals surface area (Å²) < 4.78 is 39.1. The van der Waals surface area contributed by atoms with Crippen LogP contribution in [0.3, 0.4) is 0 Å². The number of benzene rings is 2. The first-order chi connectivity index (χ1) is 16.2. The van der Waals surface area contributed by atoms with Crippen molar-refractivity contribution in [2.24, 2.45) is 5.92 Å². The van der Waals surface area contributed by atoms with Crippen LogP contribution in [0.25, 0.3) is 0 Å². The van der Waals surface area contributed by atoms with Crippen molar-refractivity contribution in [1.29, 1.82) is 0 Å². The van der Waals surface area contributed by atoms with E-state index in [2.05, 4.69) is 5.32 Å². The Labute approximate surface area is 202 Å². The Bertz CT molecular complexity index is 1020. The minimum Gasteiger partial charge on any atom is -0.350 e. The van der Waals surface area contributed by atoms with E-state index in [-0.39, 0.29) is 23.7 Å². The van der Waals surface area contributed by atoms with Crippen LogP contribution in [0.2, 0.25) is 0 Å². The van der Waals surface area contributed by atoms with E-state index < -0.39 is 17.8 Å². The van der Waals surface area contributed by atoms with Crippen molar-refractivity contribution in [3.05, 3.63) is 70.8 Å². The molecule has 0 bridgehead atoms. The number of aryl methyl sites for hydroxylation is 1. The molecule has 2 atom stereocenters. The van der Waals surface area contributed by atoms with Crippen molar-refractivity contribution >= 4 is 23.6 Å². The molecule has 4 rings (SSSR count). The van der Waals surface area contributed by atoms with E-state index in [0.29, 0.717) is 22.8 Å². The molecule has 8 heteroatoms. The predicted octanol–water partition coefficient (Wildman–Crippen LogP) is 5.79. The number of hydrogen-bond acceptors (Lipinski definition) is 3. The van der Waals surface area contributed by atoms with Crippen LogP contribution in [-0.4, -0.2) is 33.9 Å². The summed E-state index contributed by atoms with van der Waals surface area (Å²) in [6.45, 7) is 1.93. The first kappa shape index (κ1) is 24.6. The first-order valence-corrected chi connectivity index (χ1v) is 12.7. The molecule has 0 radical (unpaired) electrons. The van der Waals surface area contributed by atoms with Gasteiger partial charge in [-0.2, -0.15) is 13.2 Å². The molecular formula is C26H29F3N2O2S. The lowest BCUT2D eigenvalue weighted by molar-refractivity contribution is -0.137. The minimum absolute atomic E-state index is 0.0232. The molecule has 1 heterocycles. The van der Waals surface area contributed by atoms with Crippen LogP contribution < -0.4 is 5.32 Å². The lowest BCUT2D eigenvalue weighted by Crippen LogP contribution is -2.51. The van der Waals surface area contributed by atoms with Crippen molar-refractivity contribution in [2.45, 2.75) is 63.2 Å². The molecule has 2 amide bonds. The Kier molecular flexibility index (Phi) is 7.55. The van der Waals surface area contributed by atoms with Crippen LogP contribution in [0.1, 0.15) is 59.2 Å². The Hall–Kier alpha value is -2.48. The van der Waals surface area contributed by atoms with Gasteiger partial charge in [-0.1, -0.05) is 49.1 Å². The van der Waals surface area contributed by atoms with Gasteiger partial charge in [-0.25, -0.2) is 0 Å². The Balaban J connectivity index is 1.52. The van der Waals surface area contributed by atoms with Crippen molar-refractivity contribution in [3.63, 3.8) is 0 Å². The number of carbonyl (C=O) groups excluding carboxylic acids is 2. The summed E-state index contributed by atoms with van der Waals surface area (Å²) in [6.07, 6.45) is 1.08. The number of amides is 2. The smallest absolute Gasteiger partial charge is 0.350 e. The van der Waals surface area contributed by atoms with E-state index in [0.717, 1.165) is 43.4 Å². The van der Waals surface area contributed by atoms with E-state index in [1.54, 1.807) is 34.9 Å². The first-order valence-electron chi connectivity index (χ1n) is 11.7. The molecule has 2 aliphatic rings. The number of halogens is 3. The molecular weight excluding hydrogens is 461 g/mol. The highest BCUT2D eigenvalue weighted by Crippen LogP contribution is 2.41. The molecule has 1 aliphatic heterocycles. The highest BCUT2D eigenvalue weighted by atomic mass is 32.2. The van der Waals surface area contributed by atoms with Gasteiger partial charge in [0.2, 0.25) is 5.91 Å². The second-order valence-corrected chi connectivity index (χ2v) is 10.3. The Morgan fingerprint density at radius 3 is 2.44 bits per heavy atom. The van der Waals surface area contributed by atoms with E-state index in [4.69, 9.17) is 0 Å². The summed E-state index contributed by atoms with van der Waals surface area (Å²) in [5, 5.41) is 2.70. The number of rotatable bonds is 5. The molecule has 2 fully saturated rings. The SMILES string of the molecule is Cc1ccc(C(=O)N2C(C(=O)NCc3cccc(C(F)(F)F)c3)CSC2C2CCCCC2)cc1. The highest BCUT2D eigenvalue weighted by molar-refractivity contribution is 8.00. The second kappa shape index (κ2) is 10.4. The maximum Gasteiger partial charge on any atom is 0.416 e. The average molecular weight is 491 g/mol. The van der Waals surface area contributed by atoms with E-state index >= 15 is 0 Å². The van der Waals surface area contributed by atoms with Crippen LogP contribution >= 0.6 is 11.8 Å². The number of carbonyl (C=O) groups is 2. The summed E-state index contributed by atoms with van der Waals surface area (Å²) in [7, 11) is 0. The average Bonchev–Trinajstić information content (AvgIpc) is 3.28. The topological polar surface area (TPSA) is 49.4 Å². The second-order valence-electron chi connectivity index (χ2n) is 9.13. The third-order valence-corrected chi connectivity index (χ3v) is 8.11. The van der Waals surface area contributed by atoms with E-state index in [1.807, 2.05) is 19.1 Å². The van der Waals surface area contributed by atoms with Gasteiger partial charge in [0.25, 0.3) is 5.91 Å². The Morgan fingerprint density at radius 1 is 1.06 bits per heavy atom. The van der Waals surface area contributed by atoms with Gasteiger partial charge in [0.05, 0.1) is 10.9 Å². The summed E-state index contributed by atoms with van der Waals surface area (Å²) in [4.78, 5) is 28.5. The van der Waals surface area contributed by atoms with Crippen LogP contribution in [0.5, 0.6) is 0 Å². The molecule has 0 spiro atoms. The fourth-order valence-electron chi connectivity index (χ4n) is 4.78. The predicted molar refractivity (Wildman–Crippen MR) is 127 cm³/mol. The number of nitrogens with zero attached hydrogens (tertiary/aromatic N) is 1. The molecule has 1 saturated heterocycles. The number of thioether (sulfide) groups is 1. The zero-order valence-electron chi connectivity index (χ0n) is 19.1. The molecule has 1 aliphatic carbocycles. The standard InChI is InChI=1S/C26H29F3N2O2S/c1-17-10-12-19(13-11-17)24(33)31-22(16-34-25(31)20-7-3-2-4-8-20)23(32)30-15-18-6-5-9-21(14-18)26(27,28)29/h5-6,9-14,20,22,25H,2-4,7-8,15-16H2,1H3,(H,30,32). The minimum atomic E-state index is -4.44. The van der Waals surface area contributed by atoms with Crippen molar-refractivity contribution < 1.29 is 22.8 Å². The molecule has 34 heavy (non-hydrogen) atoms. The van der Waals surface area contributed by atoms with Crippen molar-refractivity contribution in [1.82, 2.24) is 10.2 Å². The lowest BCUT2D eigenvalue weighted by Gasteiger charge is -2.35. The molecule has 2 aromatic rings. The molecule has 182 valence electrons. The maximum atomic E-state index is 13.6. The summed E-state index contributed by atoms with van der Waals surface area (Å²) in [5.74, 6) is 0.325. The summed E-state index contributed by atoms with van der Waals surface area (Å²) in [5.41, 5.74) is 1.22. The normalized spacial score (nSPS) is 21.5. The molecule has 1 N–H and O–H groups in total. The quantitative estimate of drug-likeness (QED) is 0.577. The number of nitrogens with one attached hydrogen (secondary N) is 1. The lowest BCUT2D eigenvalue weighted by atomic mass is 9.88. The van der Waals surface area contributed by atoms with Gasteiger partial charge >= 0.3 is 6.18 Å². The summed E-state index contributed by atoms with van der Waals surface area (Å²) >= 11 is 1.64. The van der Waals surface area contributed by atoms with Crippen LogP contribution in [0.15, 0.2) is 48.5 Å². The molecule has 0 aromatic heterocycles. The summed E-state index contributed by atoms with van der Waals surface area (Å²) in [6, 6.07) is 11.6. The fraction of sp³-hybridized carbons (Fsp3) is 0.462. The fourth-order valence-corrected chi connectivity index (χ4v) is 6.42. The van der Waals surface area contributed by atoms with Gasteiger partial charge in [-0.15, -0.1) is 11.8 Å². The third kappa shape index (κ3) is 5.59. The maximum absolute atomic E-state index is 13.6. The van der Waals surface area contributed by atoms with Gasteiger partial charge in [-0.05, 0) is 55.5 Å². The zero-order valence-corrected chi connectivity index (χ0v) is 19.9. The van der Waals surface area contributed by atoms with Crippen LogP contribution in [0, 0.1) is 12.8 Å². The van der Waals surface area contributed by atoms with Crippen molar-refractivity contribution in [3.8, 4) is 0 Å².